The summed E-state index contributed by atoms with van der Waals surface area (Å²) in [5, 5.41) is 11.6. The minimum atomic E-state index is -0.738. The van der Waals surface area contributed by atoms with E-state index >= 15 is 0 Å². The van der Waals surface area contributed by atoms with Gasteiger partial charge < -0.3 is 15.2 Å². The van der Waals surface area contributed by atoms with Crippen LogP contribution in [0.5, 0.6) is 0 Å². The van der Waals surface area contributed by atoms with Crippen LogP contribution in [0.2, 0.25) is 0 Å². The second kappa shape index (κ2) is 8.01. The van der Waals surface area contributed by atoms with Gasteiger partial charge in [0.25, 0.3) is 0 Å². The Morgan fingerprint density at radius 1 is 1.62 bits per heavy atom. The minimum absolute atomic E-state index is 0.225. The number of carboxylic acids is 1. The summed E-state index contributed by atoms with van der Waals surface area (Å²) in [6, 6.07) is 0.247. The minimum Gasteiger partial charge on any atom is -0.481 e. The van der Waals surface area contributed by atoms with E-state index in [1.165, 1.54) is 0 Å². The van der Waals surface area contributed by atoms with Gasteiger partial charge in [-0.25, -0.2) is 0 Å². The topological polar surface area (TPSA) is 58.6 Å². The fourth-order valence-corrected chi connectivity index (χ4v) is 0.964. The summed E-state index contributed by atoms with van der Waals surface area (Å²) in [6.07, 6.45) is 0.893. The van der Waals surface area contributed by atoms with Crippen LogP contribution in [-0.4, -0.2) is 36.9 Å². The van der Waals surface area contributed by atoms with Gasteiger partial charge in [0.15, 0.2) is 0 Å². The molecule has 13 heavy (non-hydrogen) atoms. The quantitative estimate of drug-likeness (QED) is 0.556. The summed E-state index contributed by atoms with van der Waals surface area (Å²) in [5.74, 6) is -0.738. The van der Waals surface area contributed by atoms with Crippen LogP contribution in [0, 0.1) is 0 Å². The Morgan fingerprint density at radius 2 is 2.31 bits per heavy atom. The van der Waals surface area contributed by atoms with Crippen molar-refractivity contribution in [2.45, 2.75) is 32.7 Å². The van der Waals surface area contributed by atoms with Gasteiger partial charge >= 0.3 is 5.97 Å². The number of aliphatic carboxylic acids is 1. The van der Waals surface area contributed by atoms with Crippen molar-refractivity contribution in [3.63, 3.8) is 0 Å². The second-order valence-corrected chi connectivity index (χ2v) is 2.98. The fourth-order valence-electron chi connectivity index (χ4n) is 0.964. The van der Waals surface area contributed by atoms with Crippen LogP contribution >= 0.6 is 0 Å². The first-order chi connectivity index (χ1) is 6.16. The van der Waals surface area contributed by atoms with Crippen molar-refractivity contribution in [2.75, 3.05) is 19.8 Å². The zero-order valence-corrected chi connectivity index (χ0v) is 8.38. The van der Waals surface area contributed by atoms with Crippen LogP contribution in [0.1, 0.15) is 26.7 Å². The summed E-state index contributed by atoms with van der Waals surface area (Å²) >= 11 is 0. The van der Waals surface area contributed by atoms with Gasteiger partial charge in [-0.3, -0.25) is 4.79 Å². The molecule has 0 rings (SSSR count). The summed E-state index contributed by atoms with van der Waals surface area (Å²) in [6.45, 7) is 6.14. The van der Waals surface area contributed by atoms with Gasteiger partial charge in [-0.1, -0.05) is 0 Å². The van der Waals surface area contributed by atoms with E-state index in [2.05, 4.69) is 5.32 Å². The van der Waals surface area contributed by atoms with E-state index in [0.717, 1.165) is 13.2 Å². The van der Waals surface area contributed by atoms with Crippen molar-refractivity contribution in [3.05, 3.63) is 0 Å². The molecule has 0 aliphatic carbocycles. The molecule has 0 aliphatic heterocycles. The average molecular weight is 189 g/mol. The van der Waals surface area contributed by atoms with Gasteiger partial charge in [-0.15, -0.1) is 0 Å². The Morgan fingerprint density at radius 3 is 2.85 bits per heavy atom. The molecule has 1 atom stereocenters. The SMILES string of the molecule is CCOCCNC(C)CCC(=O)O. The van der Waals surface area contributed by atoms with Crippen LogP contribution in [-0.2, 0) is 9.53 Å². The molecule has 0 aliphatic rings. The Labute approximate surface area is 79.3 Å². The number of nitrogens with one attached hydrogen (secondary N) is 1. The third kappa shape index (κ3) is 9.30. The molecular weight excluding hydrogens is 170 g/mol. The van der Waals surface area contributed by atoms with Crippen LogP contribution in [0.25, 0.3) is 0 Å². The molecule has 0 aromatic heterocycles. The maximum atomic E-state index is 10.2. The molecule has 1 unspecified atom stereocenters. The monoisotopic (exact) mass is 189 g/mol. The number of rotatable bonds is 8. The van der Waals surface area contributed by atoms with E-state index in [1.54, 1.807) is 0 Å². The summed E-state index contributed by atoms with van der Waals surface area (Å²) in [5.41, 5.74) is 0. The number of ether oxygens (including phenoxy) is 1. The third-order valence-corrected chi connectivity index (χ3v) is 1.73. The zero-order valence-electron chi connectivity index (χ0n) is 8.38. The lowest BCUT2D eigenvalue weighted by molar-refractivity contribution is -0.137. The second-order valence-electron chi connectivity index (χ2n) is 2.98. The molecule has 4 nitrogen and oxygen atoms in total. The van der Waals surface area contributed by atoms with E-state index in [9.17, 15) is 4.79 Å². The highest BCUT2D eigenvalue weighted by atomic mass is 16.5. The smallest absolute Gasteiger partial charge is 0.303 e. The molecule has 0 bridgehead atoms. The lowest BCUT2D eigenvalue weighted by atomic mass is 10.2. The summed E-state index contributed by atoms with van der Waals surface area (Å²) in [7, 11) is 0. The highest BCUT2D eigenvalue weighted by molar-refractivity contribution is 5.66. The fraction of sp³-hybridized carbons (Fsp3) is 0.889. The maximum absolute atomic E-state index is 10.2. The first kappa shape index (κ1) is 12.4. The van der Waals surface area contributed by atoms with Crippen molar-refractivity contribution in [1.82, 2.24) is 5.32 Å². The molecule has 0 radical (unpaired) electrons. The van der Waals surface area contributed by atoms with Crippen molar-refractivity contribution in [2.24, 2.45) is 0 Å². The Kier molecular flexibility index (Phi) is 7.63. The van der Waals surface area contributed by atoms with E-state index in [-0.39, 0.29) is 12.5 Å². The third-order valence-electron chi connectivity index (χ3n) is 1.73. The number of carboxylic acid groups (broad SMARTS) is 1. The average Bonchev–Trinajstić information content (AvgIpc) is 2.09. The molecule has 0 fully saturated rings. The van der Waals surface area contributed by atoms with Gasteiger partial charge in [-0.05, 0) is 20.3 Å². The maximum Gasteiger partial charge on any atom is 0.303 e. The van der Waals surface area contributed by atoms with Gasteiger partial charge in [-0.2, -0.15) is 0 Å². The molecule has 78 valence electrons. The lowest BCUT2D eigenvalue weighted by Gasteiger charge is -2.11. The van der Waals surface area contributed by atoms with Crippen molar-refractivity contribution in [3.8, 4) is 0 Å². The first-order valence-corrected chi connectivity index (χ1v) is 4.69. The van der Waals surface area contributed by atoms with Crippen LogP contribution in [0.15, 0.2) is 0 Å². The Balaban J connectivity index is 3.19. The zero-order chi connectivity index (χ0) is 10.1. The highest BCUT2D eigenvalue weighted by Gasteiger charge is 2.03. The number of carbonyl (C=O) groups is 1. The first-order valence-electron chi connectivity index (χ1n) is 4.69. The molecule has 4 heteroatoms. The molecule has 0 saturated heterocycles. The van der Waals surface area contributed by atoms with Crippen molar-refractivity contribution in [1.29, 1.82) is 0 Å². The van der Waals surface area contributed by atoms with E-state index in [0.29, 0.717) is 13.0 Å². The van der Waals surface area contributed by atoms with Crippen molar-refractivity contribution < 1.29 is 14.6 Å². The van der Waals surface area contributed by atoms with Crippen LogP contribution in [0.4, 0.5) is 0 Å². The molecule has 0 heterocycles. The van der Waals surface area contributed by atoms with Crippen LogP contribution < -0.4 is 5.32 Å². The molecule has 0 amide bonds. The number of hydrogen-bond acceptors (Lipinski definition) is 3. The Bertz CT molecular complexity index is 139. The predicted molar refractivity (Wildman–Crippen MR) is 50.8 cm³/mol. The molecule has 0 aromatic carbocycles. The molecule has 0 saturated carbocycles. The molecule has 2 N–H and O–H groups in total. The van der Waals surface area contributed by atoms with Crippen LogP contribution in [0.3, 0.4) is 0 Å². The molecule has 0 spiro atoms. The van der Waals surface area contributed by atoms with Crippen molar-refractivity contribution >= 4 is 5.97 Å². The standard InChI is InChI=1S/C9H19NO3/c1-3-13-7-6-10-8(2)4-5-9(11)12/h8,10H,3-7H2,1-2H3,(H,11,12). The van der Waals surface area contributed by atoms with Gasteiger partial charge in [0.2, 0.25) is 0 Å². The molecular formula is C9H19NO3. The lowest BCUT2D eigenvalue weighted by Crippen LogP contribution is -2.29. The summed E-state index contributed by atoms with van der Waals surface area (Å²) < 4.78 is 5.13. The van der Waals surface area contributed by atoms with Gasteiger partial charge in [0.1, 0.15) is 0 Å². The highest BCUT2D eigenvalue weighted by Crippen LogP contribution is 1.95. The normalized spacial score (nSPS) is 12.8. The van der Waals surface area contributed by atoms with E-state index in [4.69, 9.17) is 9.84 Å². The Hall–Kier alpha value is -0.610. The number of hydrogen-bond donors (Lipinski definition) is 2. The van der Waals surface area contributed by atoms with E-state index < -0.39 is 5.97 Å². The molecule has 0 aromatic rings. The van der Waals surface area contributed by atoms with Gasteiger partial charge in [0.05, 0.1) is 6.61 Å². The predicted octanol–water partition coefficient (Wildman–Crippen LogP) is 0.866. The van der Waals surface area contributed by atoms with E-state index in [1.807, 2.05) is 13.8 Å². The van der Waals surface area contributed by atoms with Gasteiger partial charge in [0, 0.05) is 25.6 Å². The largest absolute Gasteiger partial charge is 0.481 e. The summed E-state index contributed by atoms with van der Waals surface area (Å²) in [4.78, 5) is 10.2.